The van der Waals surface area contributed by atoms with Crippen molar-refractivity contribution in [3.8, 4) is 0 Å². The Labute approximate surface area is 116 Å². The van der Waals surface area contributed by atoms with Gasteiger partial charge in [-0.2, -0.15) is 0 Å². The molecule has 2 N–H and O–H groups in total. The average Bonchev–Trinajstić information content (AvgIpc) is 2.45. The SMILES string of the molecule is O=C(NCc1ccc(CO)cc1)c1cccc(Cl)n1. The molecule has 0 radical (unpaired) electrons. The molecule has 98 valence electrons. The lowest BCUT2D eigenvalue weighted by molar-refractivity contribution is 0.0946. The van der Waals surface area contributed by atoms with Gasteiger partial charge in [-0.25, -0.2) is 4.98 Å². The van der Waals surface area contributed by atoms with Crippen LogP contribution in [0.5, 0.6) is 0 Å². The highest BCUT2D eigenvalue weighted by Gasteiger charge is 2.06. The number of amides is 1. The minimum absolute atomic E-state index is 0.0130. The molecule has 0 fully saturated rings. The third-order valence-electron chi connectivity index (χ3n) is 2.61. The van der Waals surface area contributed by atoms with E-state index in [1.807, 2.05) is 24.3 Å². The first-order chi connectivity index (χ1) is 9.19. The predicted molar refractivity (Wildman–Crippen MR) is 72.8 cm³/mol. The molecule has 19 heavy (non-hydrogen) atoms. The number of benzene rings is 1. The number of halogens is 1. The maximum atomic E-state index is 11.8. The molecular weight excluding hydrogens is 264 g/mol. The summed E-state index contributed by atoms with van der Waals surface area (Å²) in [5, 5.41) is 12.0. The van der Waals surface area contributed by atoms with Gasteiger partial charge in [-0.15, -0.1) is 0 Å². The molecule has 1 aromatic carbocycles. The summed E-state index contributed by atoms with van der Waals surface area (Å²) in [7, 11) is 0. The third-order valence-corrected chi connectivity index (χ3v) is 2.82. The Balaban J connectivity index is 1.96. The van der Waals surface area contributed by atoms with Crippen molar-refractivity contribution in [3.05, 3.63) is 64.4 Å². The fourth-order valence-corrected chi connectivity index (χ4v) is 1.73. The molecule has 1 aromatic heterocycles. The van der Waals surface area contributed by atoms with E-state index in [9.17, 15) is 4.79 Å². The molecule has 1 heterocycles. The van der Waals surface area contributed by atoms with E-state index in [1.54, 1.807) is 18.2 Å². The van der Waals surface area contributed by atoms with Crippen molar-refractivity contribution in [2.45, 2.75) is 13.2 Å². The number of hydrogen-bond acceptors (Lipinski definition) is 3. The Morgan fingerprint density at radius 3 is 2.47 bits per heavy atom. The molecule has 0 aliphatic carbocycles. The van der Waals surface area contributed by atoms with Crippen molar-refractivity contribution < 1.29 is 9.90 Å². The Morgan fingerprint density at radius 2 is 1.84 bits per heavy atom. The molecule has 0 aliphatic heterocycles. The first-order valence-electron chi connectivity index (χ1n) is 5.78. The van der Waals surface area contributed by atoms with Gasteiger partial charge in [-0.3, -0.25) is 4.79 Å². The number of hydrogen-bond donors (Lipinski definition) is 2. The van der Waals surface area contributed by atoms with Crippen LogP contribution in [0.2, 0.25) is 5.15 Å². The van der Waals surface area contributed by atoms with E-state index in [0.717, 1.165) is 11.1 Å². The van der Waals surface area contributed by atoms with Gasteiger partial charge in [0.2, 0.25) is 0 Å². The fourth-order valence-electron chi connectivity index (χ4n) is 1.57. The molecule has 2 aromatic rings. The smallest absolute Gasteiger partial charge is 0.270 e. The second kappa shape index (κ2) is 6.31. The Hall–Kier alpha value is -1.91. The molecule has 0 bridgehead atoms. The van der Waals surface area contributed by atoms with Crippen molar-refractivity contribution in [1.82, 2.24) is 10.3 Å². The van der Waals surface area contributed by atoms with Crippen molar-refractivity contribution in [2.75, 3.05) is 0 Å². The first-order valence-corrected chi connectivity index (χ1v) is 6.16. The summed E-state index contributed by atoms with van der Waals surface area (Å²) in [5.41, 5.74) is 2.08. The monoisotopic (exact) mass is 276 g/mol. The van der Waals surface area contributed by atoms with E-state index in [2.05, 4.69) is 10.3 Å². The molecule has 0 aliphatic rings. The zero-order chi connectivity index (χ0) is 13.7. The molecule has 4 nitrogen and oxygen atoms in total. The van der Waals surface area contributed by atoms with Gasteiger partial charge >= 0.3 is 0 Å². The van der Waals surface area contributed by atoms with Gasteiger partial charge in [0.05, 0.1) is 6.61 Å². The largest absolute Gasteiger partial charge is 0.392 e. The summed E-state index contributed by atoms with van der Waals surface area (Å²) in [5.74, 6) is -0.270. The highest BCUT2D eigenvalue weighted by atomic mass is 35.5. The van der Waals surface area contributed by atoms with Crippen LogP contribution in [-0.4, -0.2) is 16.0 Å². The Bertz CT molecular complexity index is 570. The topological polar surface area (TPSA) is 62.2 Å². The minimum atomic E-state index is -0.270. The van der Waals surface area contributed by atoms with Crippen LogP contribution in [0.3, 0.4) is 0 Å². The van der Waals surface area contributed by atoms with Gasteiger partial charge < -0.3 is 10.4 Å². The van der Waals surface area contributed by atoms with Gasteiger partial charge in [-0.1, -0.05) is 41.9 Å². The summed E-state index contributed by atoms with van der Waals surface area (Å²) >= 11 is 5.72. The van der Waals surface area contributed by atoms with Crippen molar-refractivity contribution in [1.29, 1.82) is 0 Å². The predicted octanol–water partition coefficient (Wildman–Crippen LogP) is 2.16. The van der Waals surface area contributed by atoms with Crippen LogP contribution in [0.25, 0.3) is 0 Å². The molecule has 0 spiro atoms. The van der Waals surface area contributed by atoms with Crippen LogP contribution >= 0.6 is 11.6 Å². The summed E-state index contributed by atoms with van der Waals surface area (Å²) in [4.78, 5) is 15.8. The molecule has 0 atom stereocenters. The minimum Gasteiger partial charge on any atom is -0.392 e. The van der Waals surface area contributed by atoms with Gasteiger partial charge in [0.1, 0.15) is 10.8 Å². The quantitative estimate of drug-likeness (QED) is 0.841. The highest BCUT2D eigenvalue weighted by Crippen LogP contribution is 2.06. The number of nitrogens with zero attached hydrogens (tertiary/aromatic N) is 1. The van der Waals surface area contributed by atoms with Crippen LogP contribution in [0.4, 0.5) is 0 Å². The van der Waals surface area contributed by atoms with E-state index in [1.165, 1.54) is 0 Å². The summed E-state index contributed by atoms with van der Waals surface area (Å²) < 4.78 is 0. The average molecular weight is 277 g/mol. The number of carbonyl (C=O) groups is 1. The molecular formula is C14H13ClN2O2. The van der Waals surface area contributed by atoms with Crippen molar-refractivity contribution in [2.24, 2.45) is 0 Å². The fraction of sp³-hybridized carbons (Fsp3) is 0.143. The number of rotatable bonds is 4. The molecule has 0 saturated carbocycles. The van der Waals surface area contributed by atoms with Gasteiger partial charge in [0, 0.05) is 6.54 Å². The third kappa shape index (κ3) is 3.77. The van der Waals surface area contributed by atoms with E-state index in [-0.39, 0.29) is 12.5 Å². The second-order valence-electron chi connectivity index (χ2n) is 4.00. The molecule has 5 heteroatoms. The van der Waals surface area contributed by atoms with Crippen LogP contribution in [0, 0.1) is 0 Å². The lowest BCUT2D eigenvalue weighted by Crippen LogP contribution is -2.23. The zero-order valence-corrected chi connectivity index (χ0v) is 10.9. The molecule has 0 unspecified atom stereocenters. The molecule has 2 rings (SSSR count). The first kappa shape index (κ1) is 13.5. The van der Waals surface area contributed by atoms with Crippen LogP contribution in [0.15, 0.2) is 42.5 Å². The zero-order valence-electron chi connectivity index (χ0n) is 10.1. The van der Waals surface area contributed by atoms with E-state index >= 15 is 0 Å². The van der Waals surface area contributed by atoms with E-state index in [4.69, 9.17) is 16.7 Å². The van der Waals surface area contributed by atoms with Gasteiger partial charge in [0.25, 0.3) is 5.91 Å². The summed E-state index contributed by atoms with van der Waals surface area (Å²) in [6.45, 7) is 0.414. The Morgan fingerprint density at radius 1 is 1.16 bits per heavy atom. The maximum absolute atomic E-state index is 11.8. The lowest BCUT2D eigenvalue weighted by Gasteiger charge is -2.05. The van der Waals surface area contributed by atoms with E-state index < -0.39 is 0 Å². The van der Waals surface area contributed by atoms with Crippen molar-refractivity contribution >= 4 is 17.5 Å². The highest BCUT2D eigenvalue weighted by molar-refractivity contribution is 6.29. The van der Waals surface area contributed by atoms with Crippen LogP contribution in [0.1, 0.15) is 21.6 Å². The van der Waals surface area contributed by atoms with E-state index in [0.29, 0.717) is 17.4 Å². The van der Waals surface area contributed by atoms with Crippen LogP contribution < -0.4 is 5.32 Å². The number of carbonyl (C=O) groups excluding carboxylic acids is 1. The van der Waals surface area contributed by atoms with Crippen molar-refractivity contribution in [3.63, 3.8) is 0 Å². The number of aliphatic hydroxyl groups excluding tert-OH is 1. The standard InChI is InChI=1S/C14H13ClN2O2/c15-13-3-1-2-12(17-13)14(19)16-8-10-4-6-11(9-18)7-5-10/h1-7,18H,8-9H2,(H,16,19). The van der Waals surface area contributed by atoms with Gasteiger partial charge in [0.15, 0.2) is 0 Å². The number of aliphatic hydroxyl groups is 1. The number of nitrogens with one attached hydrogen (secondary N) is 1. The summed E-state index contributed by atoms with van der Waals surface area (Å²) in [6, 6.07) is 12.3. The Kier molecular flexibility index (Phi) is 4.49. The number of pyridine rings is 1. The summed E-state index contributed by atoms with van der Waals surface area (Å²) in [6.07, 6.45) is 0. The normalized spacial score (nSPS) is 10.2. The second-order valence-corrected chi connectivity index (χ2v) is 4.39. The maximum Gasteiger partial charge on any atom is 0.270 e. The number of aromatic nitrogens is 1. The lowest BCUT2D eigenvalue weighted by atomic mass is 10.1. The van der Waals surface area contributed by atoms with Gasteiger partial charge in [-0.05, 0) is 23.3 Å². The molecule has 1 amide bonds. The van der Waals surface area contributed by atoms with Crippen LogP contribution in [-0.2, 0) is 13.2 Å². The molecule has 0 saturated heterocycles.